The fourth-order valence-electron chi connectivity index (χ4n) is 1.52. The number of halogens is 4. The van der Waals surface area contributed by atoms with Gasteiger partial charge in [0.25, 0.3) is 0 Å². The summed E-state index contributed by atoms with van der Waals surface area (Å²) >= 11 is 8.69. The van der Waals surface area contributed by atoms with E-state index in [4.69, 9.17) is 16.3 Å². The molecule has 0 bridgehead atoms. The molecule has 0 aliphatic carbocycles. The summed E-state index contributed by atoms with van der Waals surface area (Å²) in [6.45, 7) is -0.358. The van der Waals surface area contributed by atoms with Crippen LogP contribution in [0, 0.1) is 11.6 Å². The molecule has 2 rings (SSSR count). The molecule has 104 valence electrons. The van der Waals surface area contributed by atoms with Gasteiger partial charge in [0.2, 0.25) is 0 Å². The van der Waals surface area contributed by atoms with E-state index in [2.05, 4.69) is 15.9 Å². The summed E-state index contributed by atoms with van der Waals surface area (Å²) < 4.78 is 31.6. The summed E-state index contributed by atoms with van der Waals surface area (Å²) in [6, 6.07) is 7.98. The van der Waals surface area contributed by atoms with E-state index in [9.17, 15) is 13.6 Å². The molecule has 0 saturated heterocycles. The molecule has 0 unspecified atom stereocenters. The van der Waals surface area contributed by atoms with E-state index in [1.807, 2.05) is 0 Å². The summed E-state index contributed by atoms with van der Waals surface area (Å²) in [7, 11) is 0. The third kappa shape index (κ3) is 3.55. The molecular formula is C14H8BrClF2O2. The van der Waals surface area contributed by atoms with Gasteiger partial charge in [0, 0.05) is 16.7 Å². The summed E-state index contributed by atoms with van der Waals surface area (Å²) in [6.07, 6.45) is 0. The summed E-state index contributed by atoms with van der Waals surface area (Å²) in [4.78, 5) is 11.8. The highest BCUT2D eigenvalue weighted by atomic mass is 79.9. The van der Waals surface area contributed by atoms with Gasteiger partial charge in [-0.15, -0.1) is 0 Å². The van der Waals surface area contributed by atoms with Crippen LogP contribution in [0.1, 0.15) is 10.4 Å². The molecule has 0 N–H and O–H groups in total. The van der Waals surface area contributed by atoms with Crippen LogP contribution in [-0.2, 0) is 0 Å². The van der Waals surface area contributed by atoms with Gasteiger partial charge in [-0.1, -0.05) is 11.6 Å². The largest absolute Gasteiger partial charge is 0.481 e. The van der Waals surface area contributed by atoms with Gasteiger partial charge in [-0.2, -0.15) is 0 Å². The van der Waals surface area contributed by atoms with Crippen LogP contribution in [0.15, 0.2) is 40.9 Å². The molecule has 0 aromatic heterocycles. The second-order valence-electron chi connectivity index (χ2n) is 3.92. The van der Waals surface area contributed by atoms with E-state index in [1.54, 1.807) is 24.3 Å². The zero-order chi connectivity index (χ0) is 14.7. The molecule has 0 aliphatic rings. The topological polar surface area (TPSA) is 26.3 Å². The summed E-state index contributed by atoms with van der Waals surface area (Å²) in [5.74, 6) is -2.14. The first kappa shape index (κ1) is 14.9. The Morgan fingerprint density at radius 2 is 1.85 bits per heavy atom. The maximum atomic E-state index is 13.5. The minimum absolute atomic E-state index is 0.110. The zero-order valence-electron chi connectivity index (χ0n) is 10.00. The fraction of sp³-hybridized carbons (Fsp3) is 0.0714. The molecule has 0 heterocycles. The molecule has 0 aliphatic heterocycles. The fourth-order valence-corrected chi connectivity index (χ4v) is 2.17. The first-order valence-corrected chi connectivity index (χ1v) is 6.70. The van der Waals surface area contributed by atoms with Crippen molar-refractivity contribution in [3.8, 4) is 5.75 Å². The van der Waals surface area contributed by atoms with Crippen LogP contribution in [0.2, 0.25) is 5.02 Å². The maximum Gasteiger partial charge on any atom is 0.200 e. The van der Waals surface area contributed by atoms with Crippen molar-refractivity contribution in [2.24, 2.45) is 0 Å². The predicted octanol–water partition coefficient (Wildman–Crippen LogP) is 4.64. The van der Waals surface area contributed by atoms with Crippen LogP contribution in [-0.4, -0.2) is 12.4 Å². The van der Waals surface area contributed by atoms with Crippen molar-refractivity contribution in [1.82, 2.24) is 0 Å². The monoisotopic (exact) mass is 360 g/mol. The van der Waals surface area contributed by atoms with Gasteiger partial charge in [-0.05, 0) is 46.3 Å². The molecule has 0 amide bonds. The lowest BCUT2D eigenvalue weighted by Gasteiger charge is -2.09. The van der Waals surface area contributed by atoms with Crippen molar-refractivity contribution < 1.29 is 18.3 Å². The van der Waals surface area contributed by atoms with Gasteiger partial charge < -0.3 is 4.74 Å². The van der Waals surface area contributed by atoms with Crippen molar-refractivity contribution in [2.45, 2.75) is 0 Å². The number of ketones is 1. The average molecular weight is 362 g/mol. The van der Waals surface area contributed by atoms with Crippen LogP contribution in [0.5, 0.6) is 5.75 Å². The quantitative estimate of drug-likeness (QED) is 0.742. The number of carbonyl (C=O) groups is 1. The molecule has 0 atom stereocenters. The molecule has 0 radical (unpaired) electrons. The van der Waals surface area contributed by atoms with Crippen molar-refractivity contribution >= 4 is 33.3 Å². The Labute approximate surface area is 127 Å². The Balaban J connectivity index is 2.09. The molecular weight excluding hydrogens is 354 g/mol. The minimum Gasteiger partial charge on any atom is -0.481 e. The molecule has 2 aromatic rings. The van der Waals surface area contributed by atoms with Crippen molar-refractivity contribution in [2.75, 3.05) is 6.61 Å². The van der Waals surface area contributed by atoms with E-state index in [-0.39, 0.29) is 22.6 Å². The van der Waals surface area contributed by atoms with Crippen LogP contribution in [0.3, 0.4) is 0 Å². The maximum absolute atomic E-state index is 13.5. The first-order valence-electron chi connectivity index (χ1n) is 5.53. The molecule has 2 nitrogen and oxygen atoms in total. The molecule has 0 spiro atoms. The lowest BCUT2D eigenvalue weighted by atomic mass is 10.1. The van der Waals surface area contributed by atoms with Crippen LogP contribution < -0.4 is 4.74 Å². The van der Waals surface area contributed by atoms with Gasteiger partial charge in [0.15, 0.2) is 24.0 Å². The molecule has 0 fully saturated rings. The summed E-state index contributed by atoms with van der Waals surface area (Å²) in [5, 5.41) is 0.509. The second kappa shape index (κ2) is 6.33. The molecule has 6 heteroatoms. The number of hydrogen-bond acceptors (Lipinski definition) is 2. The van der Waals surface area contributed by atoms with Crippen molar-refractivity contribution in [3.63, 3.8) is 0 Å². The van der Waals surface area contributed by atoms with Gasteiger partial charge in [0.1, 0.15) is 5.82 Å². The van der Waals surface area contributed by atoms with E-state index in [1.165, 1.54) is 0 Å². The standard InChI is InChI=1S/C14H8BrClF2O2/c15-11-5-10(17)6-12(18)14(11)20-7-13(19)8-1-3-9(16)4-2-8/h1-6H,7H2. The van der Waals surface area contributed by atoms with E-state index >= 15 is 0 Å². The Kier molecular flexibility index (Phi) is 4.73. The van der Waals surface area contributed by atoms with Gasteiger partial charge in [-0.3, -0.25) is 4.79 Å². The minimum atomic E-state index is -0.874. The van der Waals surface area contributed by atoms with E-state index in [0.717, 1.165) is 6.07 Å². The molecule has 2 aromatic carbocycles. The van der Waals surface area contributed by atoms with Crippen molar-refractivity contribution in [3.05, 3.63) is 63.1 Å². The van der Waals surface area contributed by atoms with E-state index in [0.29, 0.717) is 16.7 Å². The normalized spacial score (nSPS) is 10.4. The third-order valence-corrected chi connectivity index (χ3v) is 3.32. The highest BCUT2D eigenvalue weighted by molar-refractivity contribution is 9.10. The number of Topliss-reactive ketones (excluding diaryl/α,β-unsaturated/α-hetero) is 1. The van der Waals surface area contributed by atoms with Gasteiger partial charge in [-0.25, -0.2) is 8.78 Å². The smallest absolute Gasteiger partial charge is 0.200 e. The third-order valence-electron chi connectivity index (χ3n) is 2.48. The Hall–Kier alpha value is -1.46. The number of benzene rings is 2. The highest BCUT2D eigenvalue weighted by Crippen LogP contribution is 2.29. The zero-order valence-corrected chi connectivity index (χ0v) is 12.3. The summed E-state index contributed by atoms with van der Waals surface area (Å²) in [5.41, 5.74) is 0.396. The van der Waals surface area contributed by atoms with Crippen LogP contribution >= 0.6 is 27.5 Å². The number of ether oxygens (including phenoxy) is 1. The van der Waals surface area contributed by atoms with Crippen LogP contribution in [0.4, 0.5) is 8.78 Å². The Morgan fingerprint density at radius 3 is 2.45 bits per heavy atom. The van der Waals surface area contributed by atoms with Crippen molar-refractivity contribution in [1.29, 1.82) is 0 Å². The van der Waals surface area contributed by atoms with Gasteiger partial charge in [0.05, 0.1) is 4.47 Å². The SMILES string of the molecule is O=C(COc1c(F)cc(F)cc1Br)c1ccc(Cl)cc1. The number of rotatable bonds is 4. The number of hydrogen-bond donors (Lipinski definition) is 0. The Bertz CT molecular complexity index is 621. The average Bonchev–Trinajstić information content (AvgIpc) is 2.38. The lowest BCUT2D eigenvalue weighted by Crippen LogP contribution is -2.12. The van der Waals surface area contributed by atoms with E-state index < -0.39 is 11.6 Å². The van der Waals surface area contributed by atoms with Gasteiger partial charge >= 0.3 is 0 Å². The molecule has 0 saturated carbocycles. The van der Waals surface area contributed by atoms with Crippen LogP contribution in [0.25, 0.3) is 0 Å². The molecule has 20 heavy (non-hydrogen) atoms. The Morgan fingerprint density at radius 1 is 1.20 bits per heavy atom. The number of carbonyl (C=O) groups excluding carboxylic acids is 1. The lowest BCUT2D eigenvalue weighted by molar-refractivity contribution is 0.0918. The predicted molar refractivity (Wildman–Crippen MR) is 75.3 cm³/mol. The first-order chi connectivity index (χ1) is 9.47. The highest BCUT2D eigenvalue weighted by Gasteiger charge is 2.13. The second-order valence-corrected chi connectivity index (χ2v) is 5.21.